The zero-order valence-corrected chi connectivity index (χ0v) is 16.8. The van der Waals surface area contributed by atoms with Crippen LogP contribution in [0.2, 0.25) is 0 Å². The highest BCUT2D eigenvalue weighted by Crippen LogP contribution is 2.45. The third-order valence-electron chi connectivity index (χ3n) is 5.31. The number of nitrogens with zero attached hydrogens (tertiary/aromatic N) is 4. The van der Waals surface area contributed by atoms with Crippen molar-refractivity contribution < 1.29 is 0 Å². The van der Waals surface area contributed by atoms with Crippen molar-refractivity contribution in [3.05, 3.63) is 18.0 Å². The maximum atomic E-state index is 4.41. The molecule has 2 rings (SSSR count). The first-order valence-corrected chi connectivity index (χ1v) is 9.45. The van der Waals surface area contributed by atoms with Crippen molar-refractivity contribution in [2.75, 3.05) is 34.2 Å². The summed E-state index contributed by atoms with van der Waals surface area (Å²) in [5, 5.41) is 11.4. The molecular formula is C19H36N6. The molecule has 0 bridgehead atoms. The van der Waals surface area contributed by atoms with E-state index >= 15 is 0 Å². The largest absolute Gasteiger partial charge is 0.356 e. The van der Waals surface area contributed by atoms with Gasteiger partial charge in [0.15, 0.2) is 5.96 Å². The molecule has 1 fully saturated rings. The molecule has 0 spiro atoms. The molecule has 0 amide bonds. The average molecular weight is 349 g/mol. The van der Waals surface area contributed by atoms with Crippen LogP contribution in [0.3, 0.4) is 0 Å². The van der Waals surface area contributed by atoms with Gasteiger partial charge in [-0.1, -0.05) is 20.3 Å². The minimum Gasteiger partial charge on any atom is -0.356 e. The van der Waals surface area contributed by atoms with Crippen molar-refractivity contribution in [2.24, 2.45) is 23.4 Å². The summed E-state index contributed by atoms with van der Waals surface area (Å²) in [6.07, 6.45) is 9.36. The molecule has 0 radical (unpaired) electrons. The van der Waals surface area contributed by atoms with E-state index in [2.05, 4.69) is 59.8 Å². The van der Waals surface area contributed by atoms with Crippen LogP contribution in [0.1, 0.15) is 51.1 Å². The summed E-state index contributed by atoms with van der Waals surface area (Å²) in [5.74, 6) is 1.64. The Bertz CT molecular complexity index is 556. The summed E-state index contributed by atoms with van der Waals surface area (Å²) in [5.41, 5.74) is 1.68. The van der Waals surface area contributed by atoms with E-state index in [1.807, 2.05) is 25.0 Å². The number of rotatable bonds is 8. The Kier molecular flexibility index (Phi) is 6.87. The van der Waals surface area contributed by atoms with Crippen LogP contribution in [0.15, 0.2) is 17.4 Å². The zero-order valence-electron chi connectivity index (χ0n) is 16.8. The monoisotopic (exact) mass is 348 g/mol. The second-order valence-electron chi connectivity index (χ2n) is 8.18. The molecule has 6 nitrogen and oxygen atoms in total. The molecule has 1 aromatic rings. The van der Waals surface area contributed by atoms with Crippen molar-refractivity contribution in [1.29, 1.82) is 0 Å². The van der Waals surface area contributed by atoms with Gasteiger partial charge in [-0.05, 0) is 44.7 Å². The number of likely N-dealkylation sites (N-methyl/N-ethyl adjacent to an activating group) is 1. The number of aryl methyl sites for hydroxylation is 1. The van der Waals surface area contributed by atoms with E-state index in [1.54, 1.807) is 0 Å². The lowest BCUT2D eigenvalue weighted by molar-refractivity contribution is 0.104. The van der Waals surface area contributed by atoms with E-state index in [0.29, 0.717) is 5.41 Å². The molecule has 142 valence electrons. The SMILES string of the molecule is CN=C(NCC(c1cnn(C)c1)N(C)C)NCC1(CC(C)C)CCC1. The summed E-state index contributed by atoms with van der Waals surface area (Å²) in [4.78, 5) is 6.63. The minimum absolute atomic E-state index is 0.264. The van der Waals surface area contributed by atoms with Crippen LogP contribution >= 0.6 is 0 Å². The lowest BCUT2D eigenvalue weighted by atomic mass is 9.64. The maximum absolute atomic E-state index is 4.41. The number of aromatic nitrogens is 2. The van der Waals surface area contributed by atoms with Gasteiger partial charge in [0.2, 0.25) is 0 Å². The summed E-state index contributed by atoms with van der Waals surface area (Å²) in [6, 6.07) is 0.264. The van der Waals surface area contributed by atoms with Gasteiger partial charge in [0.1, 0.15) is 0 Å². The van der Waals surface area contributed by atoms with Gasteiger partial charge < -0.3 is 15.5 Å². The van der Waals surface area contributed by atoms with E-state index in [0.717, 1.165) is 25.0 Å². The summed E-state index contributed by atoms with van der Waals surface area (Å²) in [7, 11) is 8.00. The Morgan fingerprint density at radius 3 is 2.52 bits per heavy atom. The van der Waals surface area contributed by atoms with E-state index in [-0.39, 0.29) is 6.04 Å². The number of nitrogens with one attached hydrogen (secondary N) is 2. The molecule has 1 aliphatic carbocycles. The lowest BCUT2D eigenvalue weighted by Crippen LogP contribution is -2.48. The van der Waals surface area contributed by atoms with Gasteiger partial charge in [-0.2, -0.15) is 5.10 Å². The molecule has 0 aliphatic heterocycles. The van der Waals surface area contributed by atoms with Gasteiger partial charge in [-0.3, -0.25) is 9.67 Å². The van der Waals surface area contributed by atoms with Gasteiger partial charge in [0.05, 0.1) is 12.2 Å². The fraction of sp³-hybridized carbons (Fsp3) is 0.789. The highest BCUT2D eigenvalue weighted by Gasteiger charge is 2.37. The minimum atomic E-state index is 0.264. The predicted molar refractivity (Wildman–Crippen MR) is 105 cm³/mol. The quantitative estimate of drug-likeness (QED) is 0.559. The second kappa shape index (κ2) is 8.70. The summed E-state index contributed by atoms with van der Waals surface area (Å²) >= 11 is 0. The van der Waals surface area contributed by atoms with E-state index in [9.17, 15) is 0 Å². The molecule has 0 aromatic carbocycles. The highest BCUT2D eigenvalue weighted by atomic mass is 15.3. The van der Waals surface area contributed by atoms with Crippen LogP contribution in [0.4, 0.5) is 0 Å². The van der Waals surface area contributed by atoms with Gasteiger partial charge in [-0.15, -0.1) is 0 Å². The van der Waals surface area contributed by atoms with E-state index in [1.165, 1.54) is 31.2 Å². The van der Waals surface area contributed by atoms with Crippen LogP contribution < -0.4 is 10.6 Å². The third kappa shape index (κ3) is 5.46. The van der Waals surface area contributed by atoms with Crippen LogP contribution in [0, 0.1) is 11.3 Å². The number of hydrogen-bond donors (Lipinski definition) is 2. The fourth-order valence-corrected chi connectivity index (χ4v) is 3.89. The number of aliphatic imine (C=N–C) groups is 1. The Morgan fingerprint density at radius 2 is 2.08 bits per heavy atom. The zero-order chi connectivity index (χ0) is 18.4. The molecule has 2 N–H and O–H groups in total. The van der Waals surface area contributed by atoms with Crippen molar-refractivity contribution in [1.82, 2.24) is 25.3 Å². The van der Waals surface area contributed by atoms with Gasteiger partial charge in [0.25, 0.3) is 0 Å². The Morgan fingerprint density at radius 1 is 1.36 bits per heavy atom. The first-order chi connectivity index (χ1) is 11.8. The van der Waals surface area contributed by atoms with Crippen molar-refractivity contribution in [3.8, 4) is 0 Å². The number of guanidine groups is 1. The smallest absolute Gasteiger partial charge is 0.191 e. The first-order valence-electron chi connectivity index (χ1n) is 9.45. The Labute approximate surface area is 153 Å². The molecule has 6 heteroatoms. The highest BCUT2D eigenvalue weighted by molar-refractivity contribution is 5.79. The van der Waals surface area contributed by atoms with Crippen molar-refractivity contribution in [2.45, 2.75) is 45.6 Å². The lowest BCUT2D eigenvalue weighted by Gasteiger charge is -2.43. The molecule has 1 atom stereocenters. The fourth-order valence-electron chi connectivity index (χ4n) is 3.89. The summed E-state index contributed by atoms with van der Waals surface area (Å²) < 4.78 is 1.85. The standard InChI is InChI=1S/C19H36N6/c1-15(2)10-19(8-7-9-19)14-22-18(20-3)21-12-17(24(4)5)16-11-23-25(6)13-16/h11,13,15,17H,7-10,12,14H2,1-6H3,(H2,20,21,22). The molecule has 1 aliphatic rings. The van der Waals surface area contributed by atoms with Gasteiger partial charge in [0, 0.05) is 38.9 Å². The molecule has 1 aromatic heterocycles. The molecule has 0 saturated heterocycles. The van der Waals surface area contributed by atoms with Crippen LogP contribution in [-0.4, -0.2) is 54.9 Å². The molecule has 1 heterocycles. The molecule has 1 saturated carbocycles. The third-order valence-corrected chi connectivity index (χ3v) is 5.31. The van der Waals surface area contributed by atoms with E-state index < -0.39 is 0 Å². The van der Waals surface area contributed by atoms with Crippen LogP contribution in [0.5, 0.6) is 0 Å². The molecule has 25 heavy (non-hydrogen) atoms. The van der Waals surface area contributed by atoms with Gasteiger partial charge in [-0.25, -0.2) is 0 Å². The normalized spacial score (nSPS) is 18.3. The van der Waals surface area contributed by atoms with E-state index in [4.69, 9.17) is 0 Å². The van der Waals surface area contributed by atoms with Gasteiger partial charge >= 0.3 is 0 Å². The van der Waals surface area contributed by atoms with Crippen LogP contribution in [0.25, 0.3) is 0 Å². The number of hydrogen-bond acceptors (Lipinski definition) is 3. The second-order valence-corrected chi connectivity index (χ2v) is 8.18. The predicted octanol–water partition coefficient (Wildman–Crippen LogP) is 2.40. The van der Waals surface area contributed by atoms with Crippen molar-refractivity contribution in [3.63, 3.8) is 0 Å². The summed E-state index contributed by atoms with van der Waals surface area (Å²) in [6.45, 7) is 6.46. The Balaban J connectivity index is 1.88. The maximum Gasteiger partial charge on any atom is 0.191 e. The Hall–Kier alpha value is -1.56. The molecular weight excluding hydrogens is 312 g/mol. The average Bonchev–Trinajstić information content (AvgIpc) is 2.93. The van der Waals surface area contributed by atoms with Crippen molar-refractivity contribution >= 4 is 5.96 Å². The molecule has 1 unspecified atom stereocenters. The van der Waals surface area contributed by atoms with Crippen LogP contribution in [-0.2, 0) is 7.05 Å². The topological polar surface area (TPSA) is 57.5 Å². The first kappa shape index (κ1) is 19.8.